The molecule has 0 amide bonds. The lowest BCUT2D eigenvalue weighted by Gasteiger charge is -2.54. The summed E-state index contributed by atoms with van der Waals surface area (Å²) in [4.78, 5) is 0. The minimum Gasteiger partial charge on any atom is -0.0996 e. The molecule has 0 heteroatoms. The third-order valence-corrected chi connectivity index (χ3v) is 6.47. The molecule has 2 aliphatic rings. The van der Waals surface area contributed by atoms with Crippen LogP contribution in [0.4, 0.5) is 0 Å². The molecule has 0 aromatic heterocycles. The van der Waals surface area contributed by atoms with Gasteiger partial charge < -0.3 is 0 Å². The quantitative estimate of drug-likeness (QED) is 0.424. The Morgan fingerprint density at radius 2 is 2.00 bits per heavy atom. The van der Waals surface area contributed by atoms with Gasteiger partial charge in [-0.1, -0.05) is 57.7 Å². The molecule has 20 heavy (non-hydrogen) atoms. The van der Waals surface area contributed by atoms with Crippen molar-refractivity contribution in [1.29, 1.82) is 0 Å². The molecule has 0 radical (unpaired) electrons. The van der Waals surface area contributed by atoms with Gasteiger partial charge in [-0.15, -0.1) is 0 Å². The highest BCUT2D eigenvalue weighted by Gasteiger charge is 2.48. The van der Waals surface area contributed by atoms with Gasteiger partial charge in [0.2, 0.25) is 0 Å². The Morgan fingerprint density at radius 3 is 2.65 bits per heavy atom. The molecule has 0 saturated heterocycles. The van der Waals surface area contributed by atoms with Crippen LogP contribution < -0.4 is 0 Å². The van der Waals surface area contributed by atoms with Crippen molar-refractivity contribution in [3.05, 3.63) is 37.0 Å². The summed E-state index contributed by atoms with van der Waals surface area (Å²) >= 11 is 0. The number of fused-ring (bicyclic) bond motifs is 1. The number of rotatable bonds is 4. The Kier molecular flexibility index (Phi) is 4.62. The van der Waals surface area contributed by atoms with Gasteiger partial charge in [0, 0.05) is 0 Å². The van der Waals surface area contributed by atoms with Crippen LogP contribution in [0.1, 0.15) is 59.3 Å². The van der Waals surface area contributed by atoms with Crippen molar-refractivity contribution >= 4 is 0 Å². The van der Waals surface area contributed by atoms with Gasteiger partial charge in [0.1, 0.15) is 0 Å². The second-order valence-electron chi connectivity index (χ2n) is 7.79. The van der Waals surface area contributed by atoms with Crippen LogP contribution in [-0.2, 0) is 0 Å². The first-order chi connectivity index (χ1) is 9.37. The van der Waals surface area contributed by atoms with Crippen molar-refractivity contribution in [2.24, 2.45) is 29.1 Å². The molecule has 0 nitrogen and oxygen atoms in total. The summed E-state index contributed by atoms with van der Waals surface area (Å²) in [5.74, 6) is 3.28. The average Bonchev–Trinajstić information content (AvgIpc) is 2.41. The maximum atomic E-state index is 4.43. The molecule has 0 N–H and O–H groups in total. The van der Waals surface area contributed by atoms with Crippen LogP contribution in [0.25, 0.3) is 0 Å². The fourth-order valence-corrected chi connectivity index (χ4v) is 4.76. The van der Waals surface area contributed by atoms with Gasteiger partial charge in [0.15, 0.2) is 0 Å². The molecule has 0 aromatic rings. The van der Waals surface area contributed by atoms with Crippen LogP contribution in [0.3, 0.4) is 0 Å². The van der Waals surface area contributed by atoms with Gasteiger partial charge >= 0.3 is 0 Å². The van der Waals surface area contributed by atoms with Crippen LogP contribution in [0, 0.1) is 29.1 Å². The van der Waals surface area contributed by atoms with Crippen molar-refractivity contribution in [1.82, 2.24) is 0 Å². The second kappa shape index (κ2) is 5.92. The van der Waals surface area contributed by atoms with Crippen LogP contribution in [0.5, 0.6) is 0 Å². The average molecular weight is 272 g/mol. The van der Waals surface area contributed by atoms with Crippen LogP contribution in [-0.4, -0.2) is 0 Å². The summed E-state index contributed by atoms with van der Waals surface area (Å²) in [5.41, 5.74) is 3.14. The minimum absolute atomic E-state index is 0.451. The lowest BCUT2D eigenvalue weighted by atomic mass is 9.50. The standard InChI is InChI=1S/C20H32/c1-7-14(2)8-13-18-15(3)9-11-17-12-10-16(4)20(5,6)19(17)18/h7,16-19H,1-3,8-13H2,4-6H3. The van der Waals surface area contributed by atoms with Gasteiger partial charge in [-0.05, 0) is 67.6 Å². The molecule has 112 valence electrons. The molecule has 0 spiro atoms. The second-order valence-corrected chi connectivity index (χ2v) is 7.79. The predicted octanol–water partition coefficient (Wildman–Crippen LogP) is 6.16. The molecule has 2 aliphatic carbocycles. The summed E-state index contributed by atoms with van der Waals surface area (Å²) in [6.45, 7) is 19.8. The maximum Gasteiger partial charge on any atom is -0.0167 e. The summed E-state index contributed by atoms with van der Waals surface area (Å²) in [5, 5.41) is 0. The van der Waals surface area contributed by atoms with E-state index in [-0.39, 0.29) is 0 Å². The lowest BCUT2D eigenvalue weighted by Crippen LogP contribution is -2.46. The van der Waals surface area contributed by atoms with Crippen molar-refractivity contribution in [3.8, 4) is 0 Å². The Bertz CT molecular complexity index is 398. The van der Waals surface area contributed by atoms with E-state index in [0.29, 0.717) is 11.3 Å². The minimum atomic E-state index is 0.451. The Labute approximate surface area is 126 Å². The summed E-state index contributed by atoms with van der Waals surface area (Å²) in [6.07, 6.45) is 9.68. The highest BCUT2D eigenvalue weighted by Crippen LogP contribution is 2.57. The largest absolute Gasteiger partial charge is 0.0996 e. The van der Waals surface area contributed by atoms with E-state index in [0.717, 1.165) is 24.2 Å². The zero-order valence-electron chi connectivity index (χ0n) is 13.8. The monoisotopic (exact) mass is 272 g/mol. The zero-order valence-corrected chi connectivity index (χ0v) is 13.8. The van der Waals surface area contributed by atoms with Crippen LogP contribution in [0.2, 0.25) is 0 Å². The maximum absolute atomic E-state index is 4.43. The van der Waals surface area contributed by atoms with Crippen molar-refractivity contribution < 1.29 is 0 Å². The molecule has 4 unspecified atom stereocenters. The predicted molar refractivity (Wildman–Crippen MR) is 89.6 cm³/mol. The first-order valence-corrected chi connectivity index (χ1v) is 8.35. The highest BCUT2D eigenvalue weighted by molar-refractivity contribution is 5.16. The van der Waals surface area contributed by atoms with E-state index in [1.807, 2.05) is 6.08 Å². The molecular weight excluding hydrogens is 240 g/mol. The molecule has 0 aliphatic heterocycles. The molecule has 0 bridgehead atoms. The number of allylic oxidation sites excluding steroid dienone is 3. The molecule has 0 aromatic carbocycles. The number of hydrogen-bond acceptors (Lipinski definition) is 0. The molecule has 4 atom stereocenters. The van der Waals surface area contributed by atoms with E-state index in [9.17, 15) is 0 Å². The molecular formula is C20H32. The van der Waals surface area contributed by atoms with E-state index in [2.05, 4.69) is 40.5 Å². The van der Waals surface area contributed by atoms with Gasteiger partial charge in [-0.2, -0.15) is 0 Å². The molecule has 0 heterocycles. The summed E-state index contributed by atoms with van der Waals surface area (Å²) in [7, 11) is 0. The van der Waals surface area contributed by atoms with Gasteiger partial charge in [0.25, 0.3) is 0 Å². The fraction of sp³-hybridized carbons (Fsp3) is 0.700. The Morgan fingerprint density at radius 1 is 1.30 bits per heavy atom. The molecule has 2 rings (SSSR count). The third kappa shape index (κ3) is 2.80. The van der Waals surface area contributed by atoms with Crippen molar-refractivity contribution in [2.45, 2.75) is 59.3 Å². The molecule has 2 saturated carbocycles. The normalized spacial score (nSPS) is 36.2. The smallest absolute Gasteiger partial charge is 0.0167 e. The topological polar surface area (TPSA) is 0 Å². The van der Waals surface area contributed by atoms with E-state index < -0.39 is 0 Å². The first-order valence-electron chi connectivity index (χ1n) is 8.35. The van der Waals surface area contributed by atoms with Gasteiger partial charge in [-0.25, -0.2) is 0 Å². The summed E-state index contributed by atoms with van der Waals surface area (Å²) < 4.78 is 0. The summed E-state index contributed by atoms with van der Waals surface area (Å²) in [6, 6.07) is 0. The zero-order chi connectivity index (χ0) is 14.9. The Balaban J connectivity index is 2.19. The molecule has 2 fully saturated rings. The van der Waals surface area contributed by atoms with Crippen LogP contribution in [0.15, 0.2) is 37.0 Å². The van der Waals surface area contributed by atoms with Crippen LogP contribution >= 0.6 is 0 Å². The number of hydrogen-bond donors (Lipinski definition) is 0. The van der Waals surface area contributed by atoms with E-state index in [4.69, 9.17) is 0 Å². The SMILES string of the molecule is C=CC(=C)CCC1C(=C)CCC2CCC(C)C(C)(C)C21. The Hall–Kier alpha value is -0.780. The highest BCUT2D eigenvalue weighted by atomic mass is 14.5. The van der Waals surface area contributed by atoms with E-state index in [1.54, 1.807) is 0 Å². The van der Waals surface area contributed by atoms with Crippen molar-refractivity contribution in [3.63, 3.8) is 0 Å². The first kappa shape index (κ1) is 15.6. The third-order valence-electron chi connectivity index (χ3n) is 6.47. The van der Waals surface area contributed by atoms with E-state index in [1.165, 1.54) is 43.3 Å². The lowest BCUT2D eigenvalue weighted by molar-refractivity contribution is -0.0267. The van der Waals surface area contributed by atoms with E-state index >= 15 is 0 Å². The fourth-order valence-electron chi connectivity index (χ4n) is 4.76. The van der Waals surface area contributed by atoms with Crippen molar-refractivity contribution in [2.75, 3.05) is 0 Å². The van der Waals surface area contributed by atoms with Gasteiger partial charge in [-0.3, -0.25) is 0 Å². The van der Waals surface area contributed by atoms with Gasteiger partial charge in [0.05, 0.1) is 0 Å².